The highest BCUT2D eigenvalue weighted by atomic mass is 35.5. The van der Waals surface area contributed by atoms with Crippen LogP contribution in [0.5, 0.6) is 0 Å². The number of urea groups is 1. The lowest BCUT2D eigenvalue weighted by atomic mass is 10.1. The topological polar surface area (TPSA) is 87.3 Å². The van der Waals surface area contributed by atoms with Gasteiger partial charge in [0, 0.05) is 12.8 Å². The Hall–Kier alpha value is -2.38. The fourth-order valence-corrected chi connectivity index (χ4v) is 3.55. The molecule has 3 amide bonds. The fourth-order valence-electron chi connectivity index (χ4n) is 2.28. The Bertz CT molecular complexity index is 800. The zero-order valence-corrected chi connectivity index (χ0v) is 15.8. The predicted octanol–water partition coefficient (Wildman–Crippen LogP) is 2.56. The SMILES string of the molecule is C[S@@](=O)c1c(Cl)cccc1NC(=O)NCC(=O)NCCc1ccccc1. The minimum atomic E-state index is -1.36. The van der Waals surface area contributed by atoms with Gasteiger partial charge in [0.1, 0.15) is 0 Å². The Morgan fingerprint density at radius 1 is 1.04 bits per heavy atom. The molecule has 0 radical (unpaired) electrons. The second-order valence-electron chi connectivity index (χ2n) is 5.46. The number of hydrogen-bond donors (Lipinski definition) is 3. The molecular weight excluding hydrogens is 374 g/mol. The molecule has 8 heteroatoms. The van der Waals surface area contributed by atoms with Crippen molar-refractivity contribution >= 4 is 40.0 Å². The molecule has 2 aromatic carbocycles. The number of nitrogens with one attached hydrogen (secondary N) is 3. The summed E-state index contributed by atoms with van der Waals surface area (Å²) in [6.07, 6.45) is 2.19. The van der Waals surface area contributed by atoms with Gasteiger partial charge in [0.05, 0.1) is 32.9 Å². The first kappa shape index (κ1) is 19.9. The van der Waals surface area contributed by atoms with Crippen molar-refractivity contribution in [2.45, 2.75) is 11.3 Å². The third kappa shape index (κ3) is 6.16. The van der Waals surface area contributed by atoms with E-state index < -0.39 is 16.8 Å². The normalized spacial score (nSPS) is 11.5. The standard InChI is InChI=1S/C18H20ClN3O3S/c1-26(25)17-14(19)8-5-9-15(17)22-18(24)21-12-16(23)20-11-10-13-6-3-2-4-7-13/h2-9H,10-12H2,1H3,(H,20,23)(H2,21,22,24)/t26-/m1/s1. The number of halogens is 1. The van der Waals surface area contributed by atoms with E-state index in [-0.39, 0.29) is 12.5 Å². The van der Waals surface area contributed by atoms with E-state index in [0.29, 0.717) is 28.6 Å². The van der Waals surface area contributed by atoms with Gasteiger partial charge in [-0.15, -0.1) is 0 Å². The second-order valence-corrected chi connectivity index (χ2v) is 7.19. The molecule has 26 heavy (non-hydrogen) atoms. The maximum Gasteiger partial charge on any atom is 0.319 e. The van der Waals surface area contributed by atoms with Crippen LogP contribution in [0.2, 0.25) is 5.02 Å². The van der Waals surface area contributed by atoms with Crippen molar-refractivity contribution < 1.29 is 13.8 Å². The van der Waals surface area contributed by atoms with Gasteiger partial charge in [-0.25, -0.2) is 4.79 Å². The highest BCUT2D eigenvalue weighted by Gasteiger charge is 2.13. The number of carbonyl (C=O) groups excluding carboxylic acids is 2. The van der Waals surface area contributed by atoms with Crippen LogP contribution in [-0.2, 0) is 22.0 Å². The van der Waals surface area contributed by atoms with Crippen molar-refractivity contribution in [3.63, 3.8) is 0 Å². The van der Waals surface area contributed by atoms with Crippen LogP contribution in [0, 0.1) is 0 Å². The van der Waals surface area contributed by atoms with Crippen LogP contribution < -0.4 is 16.0 Å². The van der Waals surface area contributed by atoms with E-state index in [0.717, 1.165) is 5.56 Å². The lowest BCUT2D eigenvalue weighted by Gasteiger charge is -2.12. The summed E-state index contributed by atoms with van der Waals surface area (Å²) in [5, 5.41) is 8.07. The lowest BCUT2D eigenvalue weighted by molar-refractivity contribution is -0.120. The van der Waals surface area contributed by atoms with Gasteiger partial charge in [0.2, 0.25) is 5.91 Å². The zero-order chi connectivity index (χ0) is 18.9. The van der Waals surface area contributed by atoms with Crippen LogP contribution in [-0.4, -0.2) is 35.5 Å². The quantitative estimate of drug-likeness (QED) is 0.675. The molecule has 0 saturated carbocycles. The Morgan fingerprint density at radius 2 is 1.77 bits per heavy atom. The highest BCUT2D eigenvalue weighted by molar-refractivity contribution is 7.84. The zero-order valence-electron chi connectivity index (χ0n) is 14.3. The number of anilines is 1. The highest BCUT2D eigenvalue weighted by Crippen LogP contribution is 2.27. The summed E-state index contributed by atoms with van der Waals surface area (Å²) < 4.78 is 11.8. The number of carbonyl (C=O) groups is 2. The van der Waals surface area contributed by atoms with E-state index in [1.165, 1.54) is 6.26 Å². The van der Waals surface area contributed by atoms with Gasteiger partial charge >= 0.3 is 6.03 Å². The second kappa shape index (κ2) is 9.94. The maximum absolute atomic E-state index is 12.0. The number of hydrogen-bond acceptors (Lipinski definition) is 3. The maximum atomic E-state index is 12.0. The van der Waals surface area contributed by atoms with Gasteiger partial charge in [-0.05, 0) is 24.1 Å². The van der Waals surface area contributed by atoms with Crippen molar-refractivity contribution in [2.75, 3.05) is 24.7 Å². The number of benzene rings is 2. The summed E-state index contributed by atoms with van der Waals surface area (Å²) in [6.45, 7) is 0.325. The molecule has 0 saturated heterocycles. The van der Waals surface area contributed by atoms with E-state index in [9.17, 15) is 13.8 Å². The summed E-state index contributed by atoms with van der Waals surface area (Å²) in [6, 6.07) is 14.1. The summed E-state index contributed by atoms with van der Waals surface area (Å²) in [5.74, 6) is -0.290. The molecule has 0 unspecified atom stereocenters. The van der Waals surface area contributed by atoms with E-state index in [1.807, 2.05) is 30.3 Å². The predicted molar refractivity (Wildman–Crippen MR) is 104 cm³/mol. The molecule has 0 aliphatic rings. The first-order chi connectivity index (χ1) is 12.5. The summed E-state index contributed by atoms with van der Waals surface area (Å²) in [7, 11) is -1.36. The van der Waals surface area contributed by atoms with Gasteiger partial charge in [0.25, 0.3) is 0 Å². The molecule has 0 fully saturated rings. The van der Waals surface area contributed by atoms with Crippen molar-refractivity contribution in [1.82, 2.24) is 10.6 Å². The van der Waals surface area contributed by atoms with Crippen LogP contribution in [0.15, 0.2) is 53.4 Å². The molecule has 0 spiro atoms. The Labute approximate surface area is 159 Å². The van der Waals surface area contributed by atoms with Crippen molar-refractivity contribution in [3.8, 4) is 0 Å². The molecule has 2 rings (SSSR count). The van der Waals surface area contributed by atoms with E-state index in [2.05, 4.69) is 16.0 Å². The molecule has 1 atom stereocenters. The molecule has 0 aliphatic heterocycles. The van der Waals surface area contributed by atoms with Gasteiger partial charge in [-0.2, -0.15) is 0 Å². The average molecular weight is 394 g/mol. The van der Waals surface area contributed by atoms with Gasteiger partial charge < -0.3 is 16.0 Å². The van der Waals surface area contributed by atoms with Crippen LogP contribution >= 0.6 is 11.6 Å². The molecule has 6 nitrogen and oxygen atoms in total. The third-order valence-corrected chi connectivity index (χ3v) is 4.93. The van der Waals surface area contributed by atoms with Crippen molar-refractivity contribution in [2.24, 2.45) is 0 Å². The first-order valence-corrected chi connectivity index (χ1v) is 9.88. The molecule has 0 heterocycles. The fraction of sp³-hybridized carbons (Fsp3) is 0.222. The monoisotopic (exact) mass is 393 g/mol. The van der Waals surface area contributed by atoms with Crippen LogP contribution in [0.4, 0.5) is 10.5 Å². The van der Waals surface area contributed by atoms with E-state index in [1.54, 1.807) is 18.2 Å². The first-order valence-electron chi connectivity index (χ1n) is 7.95. The Kier molecular flexibility index (Phi) is 7.62. The van der Waals surface area contributed by atoms with Gasteiger partial charge in [-0.3, -0.25) is 9.00 Å². The van der Waals surface area contributed by atoms with E-state index in [4.69, 9.17) is 11.6 Å². The Morgan fingerprint density at radius 3 is 2.46 bits per heavy atom. The Balaban J connectivity index is 1.77. The largest absolute Gasteiger partial charge is 0.354 e. The third-order valence-electron chi connectivity index (χ3n) is 3.49. The average Bonchev–Trinajstić information content (AvgIpc) is 2.60. The molecule has 2 aromatic rings. The minimum absolute atomic E-state index is 0.161. The smallest absolute Gasteiger partial charge is 0.319 e. The number of amides is 3. The number of rotatable bonds is 7. The molecule has 0 aromatic heterocycles. The molecule has 0 bridgehead atoms. The van der Waals surface area contributed by atoms with Gasteiger partial charge in [-0.1, -0.05) is 48.0 Å². The van der Waals surface area contributed by atoms with Crippen molar-refractivity contribution in [3.05, 3.63) is 59.1 Å². The molecule has 138 valence electrons. The van der Waals surface area contributed by atoms with Crippen molar-refractivity contribution in [1.29, 1.82) is 0 Å². The molecular formula is C18H20ClN3O3S. The summed E-state index contributed by atoms with van der Waals surface area (Å²) in [4.78, 5) is 24.1. The van der Waals surface area contributed by atoms with E-state index >= 15 is 0 Å². The molecule has 0 aliphatic carbocycles. The summed E-state index contributed by atoms with van der Waals surface area (Å²) in [5.41, 5.74) is 1.47. The summed E-state index contributed by atoms with van der Waals surface area (Å²) >= 11 is 6.01. The molecule has 3 N–H and O–H groups in total. The van der Waals surface area contributed by atoms with Crippen LogP contribution in [0.1, 0.15) is 5.56 Å². The minimum Gasteiger partial charge on any atom is -0.354 e. The van der Waals surface area contributed by atoms with Crippen LogP contribution in [0.25, 0.3) is 0 Å². The van der Waals surface area contributed by atoms with Crippen LogP contribution in [0.3, 0.4) is 0 Å². The van der Waals surface area contributed by atoms with Gasteiger partial charge in [0.15, 0.2) is 0 Å². The lowest BCUT2D eigenvalue weighted by Crippen LogP contribution is -2.39.